The molecule has 1 aliphatic heterocycles. The summed E-state index contributed by atoms with van der Waals surface area (Å²) in [5, 5.41) is 0.593. The summed E-state index contributed by atoms with van der Waals surface area (Å²) < 4.78 is 23.7. The maximum Gasteiger partial charge on any atom is 0.236 e. The molecular weight excluding hydrogens is 372 g/mol. The van der Waals surface area contributed by atoms with Crippen molar-refractivity contribution in [3.05, 3.63) is 64.9 Å². The van der Waals surface area contributed by atoms with Crippen molar-refractivity contribution in [1.82, 2.24) is 9.88 Å². The van der Waals surface area contributed by atoms with Gasteiger partial charge in [0.2, 0.25) is 5.91 Å². The Bertz CT molecular complexity index is 869. The van der Waals surface area contributed by atoms with Gasteiger partial charge in [0.25, 0.3) is 0 Å². The first-order chi connectivity index (χ1) is 12.4. The Morgan fingerprint density at radius 1 is 1.27 bits per heavy atom. The third-order valence-electron chi connectivity index (χ3n) is 4.71. The molecule has 1 aromatic carbocycles. The fourth-order valence-electron chi connectivity index (χ4n) is 3.42. The van der Waals surface area contributed by atoms with E-state index >= 15 is 0 Å². The standard InChI is InChI=1S/C19H21ClN2O3S/c1-2-22(16-10-12-26(24,25)13-16)19(23)18(17-5-3-4-11-21-17)14-6-8-15(20)9-7-14/h3-9,11,16,18H,2,10,12-13H2,1H3. The number of pyridine rings is 1. The van der Waals surface area contributed by atoms with Crippen LogP contribution in [0.2, 0.25) is 5.02 Å². The second kappa shape index (κ2) is 7.76. The molecule has 0 bridgehead atoms. The Labute approximate surface area is 158 Å². The second-order valence-corrected chi connectivity index (χ2v) is 9.09. The minimum absolute atomic E-state index is 0.0299. The molecule has 7 heteroatoms. The Morgan fingerprint density at radius 2 is 2.00 bits per heavy atom. The van der Waals surface area contributed by atoms with Crippen molar-refractivity contribution in [3.8, 4) is 0 Å². The second-order valence-electron chi connectivity index (χ2n) is 6.42. The third kappa shape index (κ3) is 4.07. The lowest BCUT2D eigenvalue weighted by Gasteiger charge is -2.31. The van der Waals surface area contributed by atoms with Gasteiger partial charge in [-0.05, 0) is 43.2 Å². The molecule has 26 heavy (non-hydrogen) atoms. The van der Waals surface area contributed by atoms with Crippen LogP contribution in [0.3, 0.4) is 0 Å². The number of likely N-dealkylation sites (N-methyl/N-ethyl adjacent to an activating group) is 1. The molecule has 1 saturated heterocycles. The lowest BCUT2D eigenvalue weighted by atomic mass is 9.93. The summed E-state index contributed by atoms with van der Waals surface area (Å²) in [4.78, 5) is 19.5. The van der Waals surface area contributed by atoms with Crippen molar-refractivity contribution >= 4 is 27.3 Å². The quantitative estimate of drug-likeness (QED) is 0.784. The van der Waals surface area contributed by atoms with Crippen molar-refractivity contribution in [3.63, 3.8) is 0 Å². The van der Waals surface area contributed by atoms with Crippen LogP contribution in [0, 0.1) is 0 Å². The predicted molar refractivity (Wildman–Crippen MR) is 102 cm³/mol. The Hall–Kier alpha value is -1.92. The van der Waals surface area contributed by atoms with Gasteiger partial charge in [-0.1, -0.05) is 29.8 Å². The number of nitrogens with zero attached hydrogens (tertiary/aromatic N) is 2. The van der Waals surface area contributed by atoms with Gasteiger partial charge in [-0.3, -0.25) is 9.78 Å². The summed E-state index contributed by atoms with van der Waals surface area (Å²) in [6.45, 7) is 2.33. The van der Waals surface area contributed by atoms with Crippen molar-refractivity contribution in [2.24, 2.45) is 0 Å². The first kappa shape index (κ1) is 18.9. The van der Waals surface area contributed by atoms with Crippen LogP contribution < -0.4 is 0 Å². The third-order valence-corrected chi connectivity index (χ3v) is 6.71. The van der Waals surface area contributed by atoms with E-state index in [0.717, 1.165) is 5.56 Å². The predicted octanol–water partition coefficient (Wildman–Crippen LogP) is 2.90. The number of benzene rings is 1. The monoisotopic (exact) mass is 392 g/mol. The number of amides is 1. The SMILES string of the molecule is CCN(C(=O)C(c1ccc(Cl)cc1)c1ccccn1)C1CCS(=O)(=O)C1. The van der Waals surface area contributed by atoms with E-state index in [1.807, 2.05) is 31.2 Å². The molecule has 0 aliphatic carbocycles. The van der Waals surface area contributed by atoms with E-state index in [0.29, 0.717) is 23.7 Å². The summed E-state index contributed by atoms with van der Waals surface area (Å²) in [6.07, 6.45) is 2.14. The molecule has 0 saturated carbocycles. The minimum Gasteiger partial charge on any atom is -0.338 e. The van der Waals surface area contributed by atoms with Crippen LogP contribution in [0.5, 0.6) is 0 Å². The molecule has 2 atom stereocenters. The van der Waals surface area contributed by atoms with Gasteiger partial charge in [0.15, 0.2) is 9.84 Å². The number of hydrogen-bond acceptors (Lipinski definition) is 4. The molecule has 1 amide bonds. The van der Waals surface area contributed by atoms with Gasteiger partial charge in [0.1, 0.15) is 5.92 Å². The molecule has 1 aliphatic rings. The fourth-order valence-corrected chi connectivity index (χ4v) is 5.28. The fraction of sp³-hybridized carbons (Fsp3) is 0.368. The maximum atomic E-state index is 13.4. The summed E-state index contributed by atoms with van der Waals surface area (Å²) in [6, 6.07) is 12.3. The van der Waals surface area contributed by atoms with E-state index in [1.165, 1.54) is 0 Å². The zero-order chi connectivity index (χ0) is 18.7. The van der Waals surface area contributed by atoms with Gasteiger partial charge >= 0.3 is 0 Å². The Morgan fingerprint density at radius 3 is 2.54 bits per heavy atom. The van der Waals surface area contributed by atoms with E-state index < -0.39 is 15.8 Å². The van der Waals surface area contributed by atoms with Crippen LogP contribution in [0.25, 0.3) is 0 Å². The average Bonchev–Trinajstić information content (AvgIpc) is 2.98. The maximum absolute atomic E-state index is 13.4. The Balaban J connectivity index is 1.97. The first-order valence-electron chi connectivity index (χ1n) is 8.58. The van der Waals surface area contributed by atoms with Gasteiger partial charge < -0.3 is 4.90 Å². The molecule has 1 fully saturated rings. The molecule has 0 radical (unpaired) electrons. The van der Waals surface area contributed by atoms with E-state index in [9.17, 15) is 13.2 Å². The summed E-state index contributed by atoms with van der Waals surface area (Å²) in [5.41, 5.74) is 1.43. The van der Waals surface area contributed by atoms with Crippen LogP contribution in [-0.4, -0.2) is 48.3 Å². The van der Waals surface area contributed by atoms with E-state index in [-0.39, 0.29) is 23.5 Å². The summed E-state index contributed by atoms with van der Waals surface area (Å²) in [5.74, 6) is -0.550. The Kier molecular flexibility index (Phi) is 5.63. The van der Waals surface area contributed by atoms with Crippen LogP contribution in [0.15, 0.2) is 48.7 Å². The molecule has 2 unspecified atom stereocenters. The molecule has 138 valence electrons. The van der Waals surface area contributed by atoms with E-state index in [2.05, 4.69) is 4.98 Å². The minimum atomic E-state index is -3.07. The molecule has 0 spiro atoms. The molecule has 2 heterocycles. The highest BCUT2D eigenvalue weighted by Crippen LogP contribution is 2.29. The summed E-state index contributed by atoms with van der Waals surface area (Å²) in [7, 11) is -3.07. The van der Waals surface area contributed by atoms with E-state index in [1.54, 1.807) is 29.3 Å². The van der Waals surface area contributed by atoms with Gasteiger partial charge in [0.05, 0.1) is 17.2 Å². The van der Waals surface area contributed by atoms with Crippen LogP contribution in [0.4, 0.5) is 0 Å². The number of aromatic nitrogens is 1. The van der Waals surface area contributed by atoms with Crippen LogP contribution in [0.1, 0.15) is 30.5 Å². The number of carbonyl (C=O) groups excluding carboxylic acids is 1. The lowest BCUT2D eigenvalue weighted by molar-refractivity contribution is -0.133. The number of sulfone groups is 1. The topological polar surface area (TPSA) is 67.3 Å². The smallest absolute Gasteiger partial charge is 0.236 e. The van der Waals surface area contributed by atoms with Crippen LogP contribution in [-0.2, 0) is 14.6 Å². The van der Waals surface area contributed by atoms with Crippen molar-refractivity contribution < 1.29 is 13.2 Å². The molecule has 2 aromatic rings. The number of hydrogen-bond donors (Lipinski definition) is 0. The average molecular weight is 393 g/mol. The number of rotatable bonds is 5. The first-order valence-corrected chi connectivity index (χ1v) is 10.8. The van der Waals surface area contributed by atoms with E-state index in [4.69, 9.17) is 11.6 Å². The highest BCUT2D eigenvalue weighted by molar-refractivity contribution is 7.91. The van der Waals surface area contributed by atoms with Gasteiger partial charge in [0, 0.05) is 23.8 Å². The highest BCUT2D eigenvalue weighted by Gasteiger charge is 2.37. The molecule has 5 nitrogen and oxygen atoms in total. The molecular formula is C19H21ClN2O3S. The van der Waals surface area contributed by atoms with Crippen LogP contribution >= 0.6 is 11.6 Å². The lowest BCUT2D eigenvalue weighted by Crippen LogP contribution is -2.43. The van der Waals surface area contributed by atoms with Gasteiger partial charge in [-0.15, -0.1) is 0 Å². The van der Waals surface area contributed by atoms with Crippen molar-refractivity contribution in [2.75, 3.05) is 18.1 Å². The largest absolute Gasteiger partial charge is 0.338 e. The molecule has 1 aromatic heterocycles. The van der Waals surface area contributed by atoms with Gasteiger partial charge in [-0.2, -0.15) is 0 Å². The summed E-state index contributed by atoms with van der Waals surface area (Å²) >= 11 is 5.99. The van der Waals surface area contributed by atoms with Crippen molar-refractivity contribution in [1.29, 1.82) is 0 Å². The number of halogens is 1. The van der Waals surface area contributed by atoms with Crippen molar-refractivity contribution in [2.45, 2.75) is 25.3 Å². The highest BCUT2D eigenvalue weighted by atomic mass is 35.5. The molecule has 0 N–H and O–H groups in total. The molecule has 3 rings (SSSR count). The normalized spacial score (nSPS) is 19.8. The number of carbonyl (C=O) groups is 1. The zero-order valence-corrected chi connectivity index (χ0v) is 16.1. The zero-order valence-electron chi connectivity index (χ0n) is 14.5. The van der Waals surface area contributed by atoms with Gasteiger partial charge in [-0.25, -0.2) is 8.42 Å².